The molecule has 0 aliphatic carbocycles. The Bertz CT molecular complexity index is 770. The molecule has 2 aromatic rings. The first-order chi connectivity index (χ1) is 12.5. The molecule has 7 heteroatoms. The Morgan fingerprint density at radius 2 is 1.81 bits per heavy atom. The van der Waals surface area contributed by atoms with Gasteiger partial charge in [-0.1, -0.05) is 24.3 Å². The van der Waals surface area contributed by atoms with Gasteiger partial charge in [0.1, 0.15) is 11.9 Å². The first-order valence-corrected chi connectivity index (χ1v) is 9.43. The topological polar surface area (TPSA) is 53.0 Å². The molecular weight excluding hydrogens is 575 g/mol. The predicted octanol–water partition coefficient (Wildman–Crippen LogP) is 2.80. The third kappa shape index (κ3) is 5.27. The molecule has 2 unspecified atom stereocenters. The van der Waals surface area contributed by atoms with Gasteiger partial charge in [-0.05, 0) is 43.9 Å². The quantitative estimate of drug-likeness (QED) is 0.574. The average molecular weight is 599 g/mol. The number of likely N-dealkylation sites (N-methyl/N-ethyl adjacent to an activating group) is 1. The molecule has 0 spiro atoms. The van der Waals surface area contributed by atoms with Crippen molar-refractivity contribution in [3.8, 4) is 5.75 Å². The molecule has 0 bridgehead atoms. The van der Waals surface area contributed by atoms with Crippen LogP contribution in [0.4, 0.5) is 5.69 Å². The maximum Gasteiger partial charge on any atom is 0.257 e. The molecule has 0 aromatic heterocycles. The van der Waals surface area contributed by atoms with Crippen molar-refractivity contribution in [2.24, 2.45) is 0 Å². The number of aliphatic hydroxyl groups excluding tert-OH is 1. The van der Waals surface area contributed by atoms with Gasteiger partial charge >= 0.3 is 0 Å². The van der Waals surface area contributed by atoms with Gasteiger partial charge in [-0.15, -0.1) is 11.8 Å². The second-order valence-corrected chi connectivity index (χ2v) is 7.70. The first kappa shape index (κ1) is 22.7. The number of benzene rings is 2. The molecule has 1 amide bonds. The number of methoxy groups -OCH3 is 1. The van der Waals surface area contributed by atoms with Crippen LogP contribution in [0.5, 0.6) is 5.75 Å². The molecule has 141 valence electrons. The molecule has 3 rings (SSSR count). The van der Waals surface area contributed by atoms with Crippen LogP contribution in [0, 0.1) is 44.1 Å². The molecule has 2 aromatic carbocycles. The van der Waals surface area contributed by atoms with Crippen molar-refractivity contribution in [1.29, 1.82) is 0 Å². The molecule has 27 heavy (non-hydrogen) atoms. The van der Waals surface area contributed by atoms with E-state index < -0.39 is 6.10 Å². The third-order valence-electron chi connectivity index (χ3n) is 4.43. The van der Waals surface area contributed by atoms with E-state index in [0.29, 0.717) is 6.54 Å². The zero-order valence-corrected chi connectivity index (χ0v) is 21.4. The molecule has 0 saturated carbocycles. The standard InChI is InChI=1S/C20H24N2O3S.Ac/c1-21(2)12-13-22-16-6-4-5-7-17(16)26-19(18(23)20(22)24)14-8-10-15(25-3)11-9-14;/h4-11,18-19,23H,12-13H2,1-3H3;. The number of amides is 1. The van der Waals surface area contributed by atoms with E-state index in [1.807, 2.05) is 67.5 Å². The largest absolute Gasteiger partial charge is 0.497 e. The number of nitrogens with zero attached hydrogens (tertiary/aromatic N) is 2. The normalized spacial score (nSPS) is 19.3. The Hall–Kier alpha value is -0.578. The summed E-state index contributed by atoms with van der Waals surface area (Å²) < 4.78 is 5.21. The Kier molecular flexibility index (Phi) is 8.64. The van der Waals surface area contributed by atoms with Crippen LogP contribution >= 0.6 is 11.8 Å². The van der Waals surface area contributed by atoms with E-state index in [-0.39, 0.29) is 55.2 Å². The van der Waals surface area contributed by atoms with Gasteiger partial charge in [-0.25, -0.2) is 0 Å². The van der Waals surface area contributed by atoms with Crippen LogP contribution in [-0.2, 0) is 4.79 Å². The minimum atomic E-state index is -1.11. The monoisotopic (exact) mass is 599 g/mol. The number of anilines is 1. The smallest absolute Gasteiger partial charge is 0.257 e. The fourth-order valence-electron chi connectivity index (χ4n) is 2.96. The summed E-state index contributed by atoms with van der Waals surface area (Å²) in [4.78, 5) is 17.8. The van der Waals surface area contributed by atoms with Gasteiger partial charge < -0.3 is 19.6 Å². The van der Waals surface area contributed by atoms with E-state index >= 15 is 0 Å². The zero-order chi connectivity index (χ0) is 18.7. The van der Waals surface area contributed by atoms with Crippen LogP contribution < -0.4 is 9.64 Å². The van der Waals surface area contributed by atoms with Crippen molar-refractivity contribution in [1.82, 2.24) is 4.90 Å². The summed E-state index contributed by atoms with van der Waals surface area (Å²) in [6.07, 6.45) is -1.11. The molecule has 0 fully saturated rings. The molecule has 1 heterocycles. The number of hydrogen-bond acceptors (Lipinski definition) is 5. The van der Waals surface area contributed by atoms with Crippen molar-refractivity contribution in [3.63, 3.8) is 0 Å². The summed E-state index contributed by atoms with van der Waals surface area (Å²) in [5.74, 6) is 0.492. The molecule has 1 aliphatic rings. The summed E-state index contributed by atoms with van der Waals surface area (Å²) in [6, 6.07) is 15.4. The Morgan fingerprint density at radius 3 is 2.44 bits per heavy atom. The van der Waals surface area contributed by atoms with E-state index in [0.717, 1.165) is 28.4 Å². The van der Waals surface area contributed by atoms with Crippen LogP contribution in [0.3, 0.4) is 0 Å². The van der Waals surface area contributed by atoms with Crippen molar-refractivity contribution in [3.05, 3.63) is 54.1 Å². The van der Waals surface area contributed by atoms with E-state index in [1.54, 1.807) is 12.0 Å². The van der Waals surface area contributed by atoms with Gasteiger partial charge in [0.05, 0.1) is 18.0 Å². The van der Waals surface area contributed by atoms with E-state index in [9.17, 15) is 9.90 Å². The van der Waals surface area contributed by atoms with Gasteiger partial charge in [0.2, 0.25) is 0 Å². The summed E-state index contributed by atoms with van der Waals surface area (Å²) in [5.41, 5.74) is 1.76. The number of carbonyl (C=O) groups excluding carboxylic acids is 1. The van der Waals surface area contributed by atoms with Crippen LogP contribution in [0.15, 0.2) is 53.4 Å². The average Bonchev–Trinajstić information content (AvgIpc) is 2.76. The van der Waals surface area contributed by atoms with Crippen LogP contribution in [0.2, 0.25) is 0 Å². The number of para-hydroxylation sites is 1. The summed E-state index contributed by atoms with van der Waals surface area (Å²) in [5, 5.41) is 10.5. The predicted molar refractivity (Wildman–Crippen MR) is 105 cm³/mol. The van der Waals surface area contributed by atoms with Gasteiger partial charge in [-0.2, -0.15) is 0 Å². The maximum absolute atomic E-state index is 13.0. The number of aliphatic hydroxyl groups is 1. The second kappa shape index (κ2) is 10.3. The Morgan fingerprint density at radius 1 is 1.15 bits per heavy atom. The van der Waals surface area contributed by atoms with E-state index in [4.69, 9.17) is 4.74 Å². The maximum atomic E-state index is 13.0. The number of hydrogen-bond donors (Lipinski definition) is 1. The summed E-state index contributed by atoms with van der Waals surface area (Å²) >= 11 is 1.53. The number of ether oxygens (including phenoxy) is 1. The van der Waals surface area contributed by atoms with Gasteiger partial charge in [0.15, 0.2) is 0 Å². The van der Waals surface area contributed by atoms with Gasteiger partial charge in [-0.3, -0.25) is 4.79 Å². The number of fused-ring (bicyclic) bond motifs is 1. The van der Waals surface area contributed by atoms with E-state index in [2.05, 4.69) is 0 Å². The Balaban J connectivity index is 0.00000261. The van der Waals surface area contributed by atoms with Gasteiger partial charge in [0.25, 0.3) is 5.91 Å². The number of carbonyl (C=O) groups is 1. The van der Waals surface area contributed by atoms with Crippen LogP contribution in [0.25, 0.3) is 0 Å². The fraction of sp³-hybridized carbons (Fsp3) is 0.350. The zero-order valence-electron chi connectivity index (χ0n) is 15.8. The van der Waals surface area contributed by atoms with Crippen molar-refractivity contribution in [2.45, 2.75) is 16.2 Å². The van der Waals surface area contributed by atoms with Crippen molar-refractivity contribution >= 4 is 23.4 Å². The second-order valence-electron chi connectivity index (χ2n) is 6.52. The van der Waals surface area contributed by atoms with E-state index in [1.165, 1.54) is 11.8 Å². The summed E-state index contributed by atoms with van der Waals surface area (Å²) in [7, 11) is 5.56. The van der Waals surface area contributed by atoms with Crippen LogP contribution in [-0.4, -0.2) is 56.3 Å². The first-order valence-electron chi connectivity index (χ1n) is 8.55. The SMILES string of the molecule is COc1ccc(C2Sc3ccccc3N(CCN(C)C)C(=O)C2O)cc1.[Ac]. The number of rotatable bonds is 5. The number of thioether (sulfide) groups is 1. The third-order valence-corrected chi connectivity index (χ3v) is 5.81. The molecule has 1 aliphatic heterocycles. The molecule has 1 radical (unpaired) electrons. The minimum Gasteiger partial charge on any atom is -0.497 e. The molecule has 5 nitrogen and oxygen atoms in total. The molecule has 2 atom stereocenters. The van der Waals surface area contributed by atoms with Crippen molar-refractivity contribution in [2.75, 3.05) is 39.2 Å². The molecule has 1 N–H and O–H groups in total. The minimum absolute atomic E-state index is 0. The van der Waals surface area contributed by atoms with Crippen molar-refractivity contribution < 1.29 is 58.7 Å². The molecule has 0 saturated heterocycles. The Labute approximate surface area is 200 Å². The van der Waals surface area contributed by atoms with Crippen LogP contribution in [0.1, 0.15) is 10.8 Å². The molecular formula is C20H24AcN2O3S. The summed E-state index contributed by atoms with van der Waals surface area (Å²) in [6.45, 7) is 1.26. The fourth-order valence-corrected chi connectivity index (χ4v) is 4.23. The van der Waals surface area contributed by atoms with Gasteiger partial charge in [0, 0.05) is 62.0 Å².